The second kappa shape index (κ2) is 13.8. The van der Waals surface area contributed by atoms with Gasteiger partial charge in [-0.1, -0.05) is 41.1 Å². The molecule has 2 heterocycles. The van der Waals surface area contributed by atoms with E-state index in [2.05, 4.69) is 56.9 Å². The number of anilines is 1. The van der Waals surface area contributed by atoms with Crippen LogP contribution in [-0.2, 0) is 26.0 Å². The van der Waals surface area contributed by atoms with Crippen LogP contribution in [0.3, 0.4) is 0 Å². The SMILES string of the molecule is COc1cc2c(cc1OC)CN(CCc1ccc(-n3cc(COc4ccccc4NC(=O)c4ccc(Cl)cc4)nn3)cc1)CC2. The van der Waals surface area contributed by atoms with E-state index in [4.69, 9.17) is 25.8 Å². The normalized spacial score (nSPS) is 12.8. The molecule has 9 nitrogen and oxygen atoms in total. The molecule has 0 aliphatic carbocycles. The lowest BCUT2D eigenvalue weighted by atomic mass is 9.98. The van der Waals surface area contributed by atoms with Gasteiger partial charge in [-0.3, -0.25) is 9.69 Å². The van der Waals surface area contributed by atoms with Gasteiger partial charge in [-0.15, -0.1) is 5.10 Å². The summed E-state index contributed by atoms with van der Waals surface area (Å²) in [7, 11) is 3.35. The number of carbonyl (C=O) groups is 1. The van der Waals surface area contributed by atoms with Crippen molar-refractivity contribution in [1.29, 1.82) is 0 Å². The highest BCUT2D eigenvalue weighted by Crippen LogP contribution is 2.33. The zero-order valence-electron chi connectivity index (χ0n) is 25.2. The molecule has 0 radical (unpaired) electrons. The van der Waals surface area contributed by atoms with Crippen molar-refractivity contribution in [2.75, 3.05) is 32.6 Å². The Balaban J connectivity index is 1.02. The van der Waals surface area contributed by atoms with Crippen molar-refractivity contribution >= 4 is 23.2 Å². The molecule has 5 aromatic rings. The topological polar surface area (TPSA) is 90.7 Å². The Hall–Kier alpha value is -4.86. The number of para-hydroxylation sites is 2. The number of ether oxygens (including phenoxy) is 3. The molecule has 0 unspecified atom stereocenters. The number of nitrogens with one attached hydrogen (secondary N) is 1. The van der Waals surface area contributed by atoms with Gasteiger partial charge in [0.2, 0.25) is 0 Å². The number of fused-ring (bicyclic) bond motifs is 1. The van der Waals surface area contributed by atoms with Crippen LogP contribution >= 0.6 is 11.6 Å². The summed E-state index contributed by atoms with van der Waals surface area (Å²) in [5.74, 6) is 1.85. The molecule has 0 atom stereocenters. The third-order valence-corrected chi connectivity index (χ3v) is 8.12. The highest BCUT2D eigenvalue weighted by atomic mass is 35.5. The zero-order valence-corrected chi connectivity index (χ0v) is 26.0. The van der Waals surface area contributed by atoms with Gasteiger partial charge in [0.15, 0.2) is 11.5 Å². The van der Waals surface area contributed by atoms with Gasteiger partial charge < -0.3 is 19.5 Å². The standard InChI is InChI=1S/C35H34ClN5O4/c1-43-33-19-26-16-18-40(21-27(26)20-34(33)44-2)17-15-24-7-13-30(14-8-24)41-22-29(38-39-41)23-45-32-6-4-3-5-31(32)37-35(42)25-9-11-28(36)12-10-25/h3-14,19-20,22H,15-18,21,23H2,1-2H3,(H,37,42). The number of hydrogen-bond donors (Lipinski definition) is 1. The first-order chi connectivity index (χ1) is 22.0. The van der Waals surface area contributed by atoms with Crippen LogP contribution in [0.2, 0.25) is 5.02 Å². The van der Waals surface area contributed by atoms with Crippen LogP contribution in [-0.4, -0.2) is 53.1 Å². The van der Waals surface area contributed by atoms with Gasteiger partial charge in [0, 0.05) is 30.2 Å². The molecule has 1 aliphatic rings. The number of rotatable bonds is 11. The average molecular weight is 624 g/mol. The molecule has 230 valence electrons. The fourth-order valence-corrected chi connectivity index (χ4v) is 5.49. The van der Waals surface area contributed by atoms with E-state index < -0.39 is 0 Å². The van der Waals surface area contributed by atoms with E-state index in [1.807, 2.05) is 18.3 Å². The van der Waals surface area contributed by atoms with Crippen molar-refractivity contribution in [3.05, 3.63) is 124 Å². The Labute approximate surface area is 267 Å². The van der Waals surface area contributed by atoms with Crippen molar-refractivity contribution < 1.29 is 19.0 Å². The van der Waals surface area contributed by atoms with E-state index in [9.17, 15) is 4.79 Å². The Bertz CT molecular complexity index is 1770. The predicted molar refractivity (Wildman–Crippen MR) is 174 cm³/mol. The largest absolute Gasteiger partial charge is 0.493 e. The van der Waals surface area contributed by atoms with Crippen LogP contribution in [0.5, 0.6) is 17.2 Å². The summed E-state index contributed by atoms with van der Waals surface area (Å²) in [6, 6.07) is 26.6. The molecule has 10 heteroatoms. The minimum absolute atomic E-state index is 0.198. The summed E-state index contributed by atoms with van der Waals surface area (Å²) in [4.78, 5) is 15.2. The van der Waals surface area contributed by atoms with Gasteiger partial charge in [-0.25, -0.2) is 4.68 Å². The molecule has 1 aliphatic heterocycles. The Morgan fingerprint density at radius 1 is 0.911 bits per heavy atom. The monoisotopic (exact) mass is 623 g/mol. The Morgan fingerprint density at radius 3 is 2.40 bits per heavy atom. The smallest absolute Gasteiger partial charge is 0.255 e. The van der Waals surface area contributed by atoms with Gasteiger partial charge in [0.25, 0.3) is 5.91 Å². The molecule has 0 spiro atoms. The van der Waals surface area contributed by atoms with Crippen LogP contribution in [0.15, 0.2) is 91.1 Å². The van der Waals surface area contributed by atoms with E-state index in [0.29, 0.717) is 27.7 Å². The van der Waals surface area contributed by atoms with Crippen molar-refractivity contribution in [2.24, 2.45) is 0 Å². The number of benzene rings is 4. The quantitative estimate of drug-likeness (QED) is 0.183. The second-order valence-electron chi connectivity index (χ2n) is 10.8. The maximum Gasteiger partial charge on any atom is 0.255 e. The number of halogens is 1. The maximum absolute atomic E-state index is 12.7. The third kappa shape index (κ3) is 7.28. The molecule has 0 saturated carbocycles. The molecule has 0 bridgehead atoms. The van der Waals surface area contributed by atoms with Crippen molar-refractivity contribution in [3.8, 4) is 22.9 Å². The molecule has 1 N–H and O–H groups in total. The zero-order chi connectivity index (χ0) is 31.2. The molecule has 1 amide bonds. The van der Waals surface area contributed by atoms with E-state index in [1.54, 1.807) is 55.3 Å². The van der Waals surface area contributed by atoms with Gasteiger partial charge in [-0.2, -0.15) is 0 Å². The Kier molecular flexibility index (Phi) is 9.28. The fourth-order valence-electron chi connectivity index (χ4n) is 5.37. The third-order valence-electron chi connectivity index (χ3n) is 7.87. The second-order valence-corrected chi connectivity index (χ2v) is 11.3. The lowest BCUT2D eigenvalue weighted by molar-refractivity contribution is 0.102. The summed E-state index contributed by atoms with van der Waals surface area (Å²) >= 11 is 5.94. The summed E-state index contributed by atoms with van der Waals surface area (Å²) < 4.78 is 18.7. The number of amides is 1. The maximum atomic E-state index is 12.7. The predicted octanol–water partition coefficient (Wildman–Crippen LogP) is 6.37. The molecule has 0 fully saturated rings. The van der Waals surface area contributed by atoms with E-state index in [1.165, 1.54) is 16.7 Å². The first kappa shape index (κ1) is 30.2. The van der Waals surface area contributed by atoms with Crippen molar-refractivity contribution in [1.82, 2.24) is 19.9 Å². The van der Waals surface area contributed by atoms with Crippen molar-refractivity contribution in [2.45, 2.75) is 26.0 Å². The van der Waals surface area contributed by atoms with E-state index >= 15 is 0 Å². The van der Waals surface area contributed by atoms with Crippen LogP contribution in [0.1, 0.15) is 32.7 Å². The summed E-state index contributed by atoms with van der Waals surface area (Å²) in [5.41, 5.74) is 6.54. The number of nitrogens with zero attached hydrogens (tertiary/aromatic N) is 4. The number of hydrogen-bond acceptors (Lipinski definition) is 7. The summed E-state index contributed by atoms with van der Waals surface area (Å²) in [6.07, 6.45) is 3.79. The fraction of sp³-hybridized carbons (Fsp3) is 0.229. The molecule has 0 saturated heterocycles. The highest BCUT2D eigenvalue weighted by Gasteiger charge is 2.19. The first-order valence-corrected chi connectivity index (χ1v) is 15.1. The van der Waals surface area contributed by atoms with Gasteiger partial charge in [-0.05, 0) is 90.2 Å². The van der Waals surface area contributed by atoms with Crippen LogP contribution in [0.25, 0.3) is 5.69 Å². The number of carbonyl (C=O) groups excluding carboxylic acids is 1. The van der Waals surface area contributed by atoms with Gasteiger partial charge in [0.1, 0.15) is 18.1 Å². The lowest BCUT2D eigenvalue weighted by Gasteiger charge is -2.29. The van der Waals surface area contributed by atoms with Gasteiger partial charge >= 0.3 is 0 Å². The number of methoxy groups -OCH3 is 2. The minimum atomic E-state index is -0.250. The van der Waals surface area contributed by atoms with Crippen LogP contribution in [0, 0.1) is 0 Å². The molecular weight excluding hydrogens is 590 g/mol. The molecular formula is C35H34ClN5O4. The Morgan fingerprint density at radius 2 is 1.64 bits per heavy atom. The lowest BCUT2D eigenvalue weighted by Crippen LogP contribution is -2.32. The van der Waals surface area contributed by atoms with E-state index in [-0.39, 0.29) is 12.5 Å². The average Bonchev–Trinajstić information content (AvgIpc) is 3.56. The molecule has 6 rings (SSSR count). The highest BCUT2D eigenvalue weighted by molar-refractivity contribution is 6.30. The minimum Gasteiger partial charge on any atom is -0.493 e. The first-order valence-electron chi connectivity index (χ1n) is 14.7. The number of aromatic nitrogens is 3. The van der Waals surface area contributed by atoms with Crippen LogP contribution in [0.4, 0.5) is 5.69 Å². The summed E-state index contributed by atoms with van der Waals surface area (Å²) in [6.45, 7) is 3.09. The summed E-state index contributed by atoms with van der Waals surface area (Å²) in [5, 5.41) is 12.0. The van der Waals surface area contributed by atoms with E-state index in [0.717, 1.165) is 49.7 Å². The van der Waals surface area contributed by atoms with Gasteiger partial charge in [0.05, 0.1) is 31.8 Å². The molecule has 1 aromatic heterocycles. The van der Waals surface area contributed by atoms with Crippen LogP contribution < -0.4 is 19.5 Å². The molecule has 45 heavy (non-hydrogen) atoms. The molecule has 4 aromatic carbocycles. The van der Waals surface area contributed by atoms with Crippen molar-refractivity contribution in [3.63, 3.8) is 0 Å².